The van der Waals surface area contributed by atoms with Gasteiger partial charge in [-0.3, -0.25) is 4.79 Å². The molecule has 0 aliphatic heterocycles. The fraction of sp³-hybridized carbons (Fsp3) is 0.0833. The number of rotatable bonds is 3. The van der Waals surface area contributed by atoms with Crippen molar-refractivity contribution in [3.05, 3.63) is 56.5 Å². The molecule has 0 atom stereocenters. The number of halogens is 2. The maximum absolute atomic E-state index is 11.8. The van der Waals surface area contributed by atoms with E-state index in [1.54, 1.807) is 12.1 Å². The van der Waals surface area contributed by atoms with Crippen molar-refractivity contribution in [2.24, 2.45) is 0 Å². The van der Waals surface area contributed by atoms with Crippen LogP contribution in [0.15, 0.2) is 40.8 Å². The summed E-state index contributed by atoms with van der Waals surface area (Å²) in [6.45, 7) is 0. The molecule has 0 unspecified atom stereocenters. The minimum atomic E-state index is -0.0619. The summed E-state index contributed by atoms with van der Waals surface area (Å²) in [4.78, 5) is 11.8. The molecular formula is C12H8ClIO2. The summed E-state index contributed by atoms with van der Waals surface area (Å²) in [6, 6.07) is 11.0. The van der Waals surface area contributed by atoms with Crippen molar-refractivity contribution in [1.29, 1.82) is 0 Å². The summed E-state index contributed by atoms with van der Waals surface area (Å²) in [5.74, 6) is 0.247. The summed E-state index contributed by atoms with van der Waals surface area (Å²) < 4.78 is 6.20. The van der Waals surface area contributed by atoms with E-state index in [2.05, 4.69) is 22.6 Å². The Bertz CT molecular complexity index is 502. The topological polar surface area (TPSA) is 30.2 Å². The first kappa shape index (κ1) is 11.7. The summed E-state index contributed by atoms with van der Waals surface area (Å²) in [5, 5.41) is 0.242. The van der Waals surface area contributed by atoms with Crippen molar-refractivity contribution in [2.45, 2.75) is 6.42 Å². The summed E-state index contributed by atoms with van der Waals surface area (Å²) >= 11 is 7.83. The smallest absolute Gasteiger partial charge is 0.202 e. The minimum Gasteiger partial charge on any atom is -0.442 e. The van der Waals surface area contributed by atoms with Crippen LogP contribution in [0.5, 0.6) is 0 Å². The molecule has 1 heterocycles. The van der Waals surface area contributed by atoms with Crippen LogP contribution in [-0.2, 0) is 6.42 Å². The van der Waals surface area contributed by atoms with Crippen molar-refractivity contribution in [3.63, 3.8) is 0 Å². The van der Waals surface area contributed by atoms with Crippen LogP contribution in [0.4, 0.5) is 0 Å². The van der Waals surface area contributed by atoms with Gasteiger partial charge in [0.25, 0.3) is 0 Å². The molecule has 2 aromatic rings. The Kier molecular flexibility index (Phi) is 3.66. The fourth-order valence-electron chi connectivity index (χ4n) is 1.34. The van der Waals surface area contributed by atoms with E-state index in [1.165, 1.54) is 0 Å². The van der Waals surface area contributed by atoms with E-state index < -0.39 is 0 Å². The summed E-state index contributed by atoms with van der Waals surface area (Å²) in [6.07, 6.45) is 0.334. The number of ketones is 1. The molecular weight excluding hydrogens is 338 g/mol. The molecule has 0 saturated carbocycles. The maximum atomic E-state index is 11.8. The Morgan fingerprint density at radius 1 is 1.19 bits per heavy atom. The van der Waals surface area contributed by atoms with Crippen molar-refractivity contribution in [2.75, 3.05) is 0 Å². The molecule has 0 fully saturated rings. The predicted molar refractivity (Wildman–Crippen MR) is 70.9 cm³/mol. The van der Waals surface area contributed by atoms with Crippen LogP contribution in [0, 0.1) is 3.57 Å². The highest BCUT2D eigenvalue weighted by molar-refractivity contribution is 14.1. The van der Waals surface area contributed by atoms with Crippen molar-refractivity contribution in [1.82, 2.24) is 0 Å². The van der Waals surface area contributed by atoms with E-state index in [1.807, 2.05) is 24.3 Å². The van der Waals surface area contributed by atoms with Gasteiger partial charge in [0.1, 0.15) is 0 Å². The zero-order chi connectivity index (χ0) is 11.5. The number of hydrogen-bond donors (Lipinski definition) is 0. The normalized spacial score (nSPS) is 10.4. The molecule has 16 heavy (non-hydrogen) atoms. The lowest BCUT2D eigenvalue weighted by Crippen LogP contribution is -2.01. The van der Waals surface area contributed by atoms with E-state index in [0.717, 1.165) is 9.13 Å². The first-order valence-electron chi connectivity index (χ1n) is 4.68. The number of hydrogen-bond acceptors (Lipinski definition) is 2. The monoisotopic (exact) mass is 346 g/mol. The van der Waals surface area contributed by atoms with Crippen molar-refractivity contribution < 1.29 is 9.21 Å². The second-order valence-electron chi connectivity index (χ2n) is 3.33. The molecule has 0 N–H and O–H groups in total. The lowest BCUT2D eigenvalue weighted by molar-refractivity contribution is 0.0966. The Morgan fingerprint density at radius 2 is 1.88 bits per heavy atom. The van der Waals surface area contributed by atoms with E-state index in [0.29, 0.717) is 12.2 Å². The third-order valence-electron chi connectivity index (χ3n) is 2.13. The molecule has 0 bridgehead atoms. The SMILES string of the molecule is O=C(Cc1ccc(I)cc1)c1ccc(Cl)o1. The minimum absolute atomic E-state index is 0.0619. The molecule has 1 aromatic heterocycles. The molecule has 82 valence electrons. The molecule has 2 nitrogen and oxygen atoms in total. The van der Waals surface area contributed by atoms with Crippen LogP contribution in [0.2, 0.25) is 5.22 Å². The van der Waals surface area contributed by atoms with Gasteiger partial charge in [0.05, 0.1) is 0 Å². The predicted octanol–water partition coefficient (Wildman–Crippen LogP) is 3.96. The molecule has 0 saturated heterocycles. The van der Waals surface area contributed by atoms with E-state index in [4.69, 9.17) is 16.0 Å². The summed E-state index contributed by atoms with van der Waals surface area (Å²) in [7, 11) is 0. The van der Waals surface area contributed by atoms with Crippen LogP contribution in [-0.4, -0.2) is 5.78 Å². The van der Waals surface area contributed by atoms with Gasteiger partial charge in [-0.15, -0.1) is 0 Å². The van der Waals surface area contributed by atoms with E-state index in [-0.39, 0.29) is 11.0 Å². The van der Waals surface area contributed by atoms with Crippen LogP contribution < -0.4 is 0 Å². The molecule has 0 amide bonds. The number of Topliss-reactive ketones (excluding diaryl/α,β-unsaturated/α-hetero) is 1. The molecule has 0 aliphatic rings. The lowest BCUT2D eigenvalue weighted by atomic mass is 10.1. The van der Waals surface area contributed by atoms with Crippen molar-refractivity contribution in [3.8, 4) is 0 Å². The third kappa shape index (κ3) is 2.86. The Hall–Kier alpha value is -0.810. The van der Waals surface area contributed by atoms with Gasteiger partial charge in [-0.1, -0.05) is 12.1 Å². The largest absolute Gasteiger partial charge is 0.442 e. The van der Waals surface area contributed by atoms with Gasteiger partial charge in [0, 0.05) is 9.99 Å². The zero-order valence-electron chi connectivity index (χ0n) is 8.24. The third-order valence-corrected chi connectivity index (χ3v) is 3.05. The highest BCUT2D eigenvalue weighted by atomic mass is 127. The van der Waals surface area contributed by atoms with Gasteiger partial charge in [0.15, 0.2) is 11.0 Å². The van der Waals surface area contributed by atoms with Crippen molar-refractivity contribution >= 4 is 40.0 Å². The first-order valence-corrected chi connectivity index (χ1v) is 6.14. The maximum Gasteiger partial charge on any atom is 0.202 e. The van der Waals surface area contributed by atoms with Crippen LogP contribution in [0.25, 0.3) is 0 Å². The van der Waals surface area contributed by atoms with E-state index >= 15 is 0 Å². The number of furan rings is 1. The highest BCUT2D eigenvalue weighted by Crippen LogP contribution is 2.16. The molecule has 0 spiro atoms. The fourth-order valence-corrected chi connectivity index (χ4v) is 1.84. The van der Waals surface area contributed by atoms with Crippen LogP contribution in [0.3, 0.4) is 0 Å². The molecule has 4 heteroatoms. The average molecular weight is 347 g/mol. The van der Waals surface area contributed by atoms with Crippen LogP contribution >= 0.6 is 34.2 Å². The van der Waals surface area contributed by atoms with Gasteiger partial charge in [0.2, 0.25) is 5.78 Å². The second kappa shape index (κ2) is 5.01. The highest BCUT2D eigenvalue weighted by Gasteiger charge is 2.11. The Balaban J connectivity index is 2.10. The van der Waals surface area contributed by atoms with Gasteiger partial charge >= 0.3 is 0 Å². The van der Waals surface area contributed by atoms with Crippen LogP contribution in [0.1, 0.15) is 16.1 Å². The Morgan fingerprint density at radius 3 is 2.44 bits per heavy atom. The lowest BCUT2D eigenvalue weighted by Gasteiger charge is -1.98. The van der Waals surface area contributed by atoms with Gasteiger partial charge in [-0.05, 0) is 64.0 Å². The molecule has 2 rings (SSSR count). The standard InChI is InChI=1S/C12H8ClIO2/c13-12-6-5-11(16-12)10(15)7-8-1-3-9(14)4-2-8/h1-6H,7H2. The number of carbonyl (C=O) groups is 1. The molecule has 1 aromatic carbocycles. The second-order valence-corrected chi connectivity index (χ2v) is 4.95. The van der Waals surface area contributed by atoms with Gasteiger partial charge < -0.3 is 4.42 Å². The summed E-state index contributed by atoms with van der Waals surface area (Å²) in [5.41, 5.74) is 0.970. The number of benzene rings is 1. The number of carbonyl (C=O) groups excluding carboxylic acids is 1. The quantitative estimate of drug-likeness (QED) is 0.622. The average Bonchev–Trinajstić information content (AvgIpc) is 2.68. The van der Waals surface area contributed by atoms with Gasteiger partial charge in [-0.2, -0.15) is 0 Å². The van der Waals surface area contributed by atoms with Gasteiger partial charge in [-0.25, -0.2) is 0 Å². The molecule has 0 aliphatic carbocycles. The zero-order valence-corrected chi connectivity index (χ0v) is 11.2. The first-order chi connectivity index (χ1) is 7.65. The molecule has 0 radical (unpaired) electrons. The van der Waals surface area contributed by atoms with E-state index in [9.17, 15) is 4.79 Å². The Labute approximate surface area is 112 Å².